The van der Waals surface area contributed by atoms with Gasteiger partial charge in [-0.2, -0.15) is 0 Å². The number of rotatable bonds is 3. The summed E-state index contributed by atoms with van der Waals surface area (Å²) < 4.78 is 5.30. The van der Waals surface area contributed by atoms with Gasteiger partial charge in [0.15, 0.2) is 5.78 Å². The number of methoxy groups -OCH3 is 1. The fourth-order valence-electron chi connectivity index (χ4n) is 2.93. The lowest BCUT2D eigenvalue weighted by molar-refractivity contribution is 0.0946. The Hall–Kier alpha value is -1.87. The summed E-state index contributed by atoms with van der Waals surface area (Å²) in [6.45, 7) is 0. The monoisotopic (exact) mass is 301 g/mol. The van der Waals surface area contributed by atoms with E-state index in [1.54, 1.807) is 31.5 Å². The lowest BCUT2D eigenvalue weighted by Gasteiger charge is -2.23. The van der Waals surface area contributed by atoms with Crippen molar-refractivity contribution >= 4 is 17.4 Å². The van der Waals surface area contributed by atoms with E-state index >= 15 is 0 Å². The van der Waals surface area contributed by atoms with Crippen LogP contribution in [0.5, 0.6) is 5.75 Å². The predicted molar refractivity (Wildman–Crippen MR) is 82.3 cm³/mol. The first-order chi connectivity index (χ1) is 10.2. The number of halogens is 1. The van der Waals surface area contributed by atoms with E-state index in [1.807, 2.05) is 6.07 Å². The van der Waals surface area contributed by atoms with Crippen molar-refractivity contribution < 1.29 is 9.53 Å². The van der Waals surface area contributed by atoms with Gasteiger partial charge in [-0.3, -0.25) is 9.78 Å². The van der Waals surface area contributed by atoms with Gasteiger partial charge in [0.25, 0.3) is 0 Å². The second kappa shape index (κ2) is 5.86. The minimum Gasteiger partial charge on any atom is -0.496 e. The van der Waals surface area contributed by atoms with Crippen LogP contribution in [0.3, 0.4) is 0 Å². The summed E-state index contributed by atoms with van der Waals surface area (Å²) in [5.74, 6) is 0.392. The van der Waals surface area contributed by atoms with Crippen LogP contribution in [-0.4, -0.2) is 17.9 Å². The Morgan fingerprint density at radius 3 is 3.05 bits per heavy atom. The molecule has 3 nitrogen and oxygen atoms in total. The molecule has 0 fully saturated rings. The molecule has 21 heavy (non-hydrogen) atoms. The molecule has 0 saturated heterocycles. The van der Waals surface area contributed by atoms with Gasteiger partial charge in [-0.15, -0.1) is 0 Å². The number of benzene rings is 1. The van der Waals surface area contributed by atoms with Crippen LogP contribution >= 0.6 is 11.6 Å². The van der Waals surface area contributed by atoms with Crippen LogP contribution in [0.15, 0.2) is 36.5 Å². The van der Waals surface area contributed by atoms with Crippen molar-refractivity contribution in [2.75, 3.05) is 7.11 Å². The van der Waals surface area contributed by atoms with Gasteiger partial charge in [0.1, 0.15) is 5.75 Å². The van der Waals surface area contributed by atoms with E-state index < -0.39 is 0 Å². The number of carbonyl (C=O) groups is 1. The van der Waals surface area contributed by atoms with Gasteiger partial charge in [-0.25, -0.2) is 0 Å². The molecule has 2 aromatic rings. The lowest BCUT2D eigenvalue weighted by Crippen LogP contribution is -2.20. The summed E-state index contributed by atoms with van der Waals surface area (Å²) >= 11 is 6.03. The first-order valence-electron chi connectivity index (χ1n) is 7.02. The van der Waals surface area contributed by atoms with Crippen molar-refractivity contribution in [2.45, 2.75) is 25.2 Å². The molecule has 0 N–H and O–H groups in total. The number of aromatic nitrogens is 1. The molecule has 0 bridgehead atoms. The van der Waals surface area contributed by atoms with Crippen LogP contribution in [0, 0.1) is 0 Å². The zero-order valence-corrected chi connectivity index (χ0v) is 12.6. The second-order valence-electron chi connectivity index (χ2n) is 5.20. The third-order valence-corrected chi connectivity index (χ3v) is 4.17. The maximum absolute atomic E-state index is 12.9. The van der Waals surface area contributed by atoms with Crippen LogP contribution in [-0.2, 0) is 6.42 Å². The maximum atomic E-state index is 12.9. The van der Waals surface area contributed by atoms with E-state index in [1.165, 1.54) is 5.56 Å². The smallest absolute Gasteiger partial charge is 0.175 e. The van der Waals surface area contributed by atoms with Crippen LogP contribution < -0.4 is 4.74 Å². The summed E-state index contributed by atoms with van der Waals surface area (Å²) in [6, 6.07) is 9.12. The summed E-state index contributed by atoms with van der Waals surface area (Å²) in [5.41, 5.74) is 2.60. The standard InChI is InChI=1S/C17H16ClNO2/c1-21-15-8-7-12(18)10-14(15)17(20)13-6-2-4-11-5-3-9-19-16(11)13/h3,5,7-10,13H,2,4,6H2,1H3. The first kappa shape index (κ1) is 14.1. The van der Waals surface area contributed by atoms with E-state index in [-0.39, 0.29) is 11.7 Å². The summed E-state index contributed by atoms with van der Waals surface area (Å²) in [4.78, 5) is 17.3. The highest BCUT2D eigenvalue weighted by atomic mass is 35.5. The Kier molecular flexibility index (Phi) is 3.93. The molecule has 3 rings (SSSR count). The Labute approximate surface area is 128 Å². The minimum absolute atomic E-state index is 0.0361. The third-order valence-electron chi connectivity index (χ3n) is 3.94. The Morgan fingerprint density at radius 1 is 1.38 bits per heavy atom. The van der Waals surface area contributed by atoms with Crippen molar-refractivity contribution in [3.8, 4) is 5.75 Å². The normalized spacial score (nSPS) is 17.1. The van der Waals surface area contributed by atoms with Crippen molar-refractivity contribution in [1.82, 2.24) is 4.98 Å². The van der Waals surface area contributed by atoms with Crippen molar-refractivity contribution in [3.63, 3.8) is 0 Å². The van der Waals surface area contributed by atoms with Crippen LogP contribution in [0.2, 0.25) is 5.02 Å². The average Bonchev–Trinajstić information content (AvgIpc) is 2.53. The van der Waals surface area contributed by atoms with Crippen molar-refractivity contribution in [3.05, 3.63) is 58.4 Å². The molecule has 0 saturated carbocycles. The number of pyridine rings is 1. The molecule has 1 heterocycles. The SMILES string of the molecule is COc1ccc(Cl)cc1C(=O)C1CCCc2cccnc21. The lowest BCUT2D eigenvalue weighted by atomic mass is 9.82. The zero-order valence-electron chi connectivity index (χ0n) is 11.8. The van der Waals surface area contributed by atoms with Gasteiger partial charge >= 0.3 is 0 Å². The molecule has 1 aromatic heterocycles. The molecule has 0 aliphatic heterocycles. The average molecular weight is 302 g/mol. The quantitative estimate of drug-likeness (QED) is 0.803. The van der Waals surface area contributed by atoms with E-state index in [0.29, 0.717) is 16.3 Å². The van der Waals surface area contributed by atoms with Gasteiger partial charge < -0.3 is 4.74 Å². The van der Waals surface area contributed by atoms with Crippen LogP contribution in [0.1, 0.15) is 40.4 Å². The number of nitrogens with zero attached hydrogens (tertiary/aromatic N) is 1. The van der Waals surface area contributed by atoms with E-state index in [2.05, 4.69) is 11.1 Å². The molecular formula is C17H16ClNO2. The third kappa shape index (κ3) is 2.66. The largest absolute Gasteiger partial charge is 0.496 e. The highest BCUT2D eigenvalue weighted by Gasteiger charge is 2.30. The number of carbonyl (C=O) groups excluding carboxylic acids is 1. The molecule has 4 heteroatoms. The highest BCUT2D eigenvalue weighted by molar-refractivity contribution is 6.31. The van der Waals surface area contributed by atoms with Gasteiger partial charge in [-0.05, 0) is 49.1 Å². The number of hydrogen-bond acceptors (Lipinski definition) is 3. The summed E-state index contributed by atoms with van der Waals surface area (Å²) in [5, 5.41) is 0.538. The topological polar surface area (TPSA) is 39.2 Å². The van der Waals surface area contributed by atoms with E-state index in [4.69, 9.17) is 16.3 Å². The van der Waals surface area contributed by atoms with Crippen molar-refractivity contribution in [1.29, 1.82) is 0 Å². The fourth-order valence-corrected chi connectivity index (χ4v) is 3.10. The van der Waals surface area contributed by atoms with Gasteiger partial charge in [-0.1, -0.05) is 17.7 Å². The fraction of sp³-hybridized carbons (Fsp3) is 0.294. The molecule has 0 amide bonds. The highest BCUT2D eigenvalue weighted by Crippen LogP contribution is 2.35. The number of Topliss-reactive ketones (excluding diaryl/α,β-unsaturated/α-hetero) is 1. The molecule has 1 aliphatic carbocycles. The second-order valence-corrected chi connectivity index (χ2v) is 5.64. The number of fused-ring (bicyclic) bond motifs is 1. The molecule has 1 unspecified atom stereocenters. The molecule has 0 spiro atoms. The molecule has 1 atom stereocenters. The Bertz CT molecular complexity index is 684. The van der Waals surface area contributed by atoms with Crippen LogP contribution in [0.4, 0.5) is 0 Å². The maximum Gasteiger partial charge on any atom is 0.175 e. The van der Waals surface area contributed by atoms with Gasteiger partial charge in [0.05, 0.1) is 24.3 Å². The number of hydrogen-bond donors (Lipinski definition) is 0. The Morgan fingerprint density at radius 2 is 2.24 bits per heavy atom. The molecule has 108 valence electrons. The molecule has 1 aliphatic rings. The van der Waals surface area contributed by atoms with Crippen molar-refractivity contribution in [2.24, 2.45) is 0 Å². The molecule has 0 radical (unpaired) electrons. The molecular weight excluding hydrogens is 286 g/mol. The van der Waals surface area contributed by atoms with E-state index in [9.17, 15) is 4.79 Å². The van der Waals surface area contributed by atoms with Gasteiger partial charge in [0, 0.05) is 11.2 Å². The van der Waals surface area contributed by atoms with Crippen LogP contribution in [0.25, 0.3) is 0 Å². The summed E-state index contributed by atoms with van der Waals surface area (Å²) in [6.07, 6.45) is 4.55. The number of aryl methyl sites for hydroxylation is 1. The zero-order chi connectivity index (χ0) is 14.8. The minimum atomic E-state index is -0.206. The first-order valence-corrected chi connectivity index (χ1v) is 7.40. The number of ether oxygens (including phenoxy) is 1. The van der Waals surface area contributed by atoms with Gasteiger partial charge in [0.2, 0.25) is 0 Å². The molecule has 1 aromatic carbocycles. The summed E-state index contributed by atoms with van der Waals surface area (Å²) in [7, 11) is 1.56. The van der Waals surface area contributed by atoms with E-state index in [0.717, 1.165) is 25.0 Å². The number of ketones is 1. The Balaban J connectivity index is 2.02. The predicted octanol–water partition coefficient (Wildman–Crippen LogP) is 4.05.